The molecule has 5 heteroatoms. The van der Waals surface area contributed by atoms with E-state index >= 15 is 0 Å². The Hall–Kier alpha value is -1.49. The molecule has 0 aliphatic carbocycles. The van der Waals surface area contributed by atoms with Gasteiger partial charge in [0, 0.05) is 19.1 Å². The molecule has 0 unspecified atom stereocenters. The Balaban J connectivity index is 2.54. The van der Waals surface area contributed by atoms with Crippen molar-refractivity contribution in [2.75, 3.05) is 20.1 Å². The molecule has 1 amide bonds. The average Bonchev–Trinajstić information content (AvgIpc) is 2.32. The average molecular weight is 256 g/mol. The highest BCUT2D eigenvalue weighted by Crippen LogP contribution is 2.10. The van der Waals surface area contributed by atoms with E-state index in [9.17, 15) is 13.6 Å². The van der Waals surface area contributed by atoms with E-state index in [0.717, 1.165) is 6.07 Å². The summed E-state index contributed by atoms with van der Waals surface area (Å²) in [6.07, 6.45) is 0. The second kappa shape index (κ2) is 6.44. The molecule has 0 aliphatic heterocycles. The summed E-state index contributed by atoms with van der Waals surface area (Å²) in [5, 5.41) is 2.57. The van der Waals surface area contributed by atoms with Crippen molar-refractivity contribution in [1.82, 2.24) is 10.2 Å². The SMILES string of the molecule is CC(C)N(C)CCNC(=O)c1cccc(F)c1F. The van der Waals surface area contributed by atoms with E-state index in [0.29, 0.717) is 19.1 Å². The minimum atomic E-state index is -1.10. The summed E-state index contributed by atoms with van der Waals surface area (Å²) in [7, 11) is 1.93. The van der Waals surface area contributed by atoms with E-state index in [1.165, 1.54) is 12.1 Å². The molecule has 100 valence electrons. The van der Waals surface area contributed by atoms with E-state index in [1.54, 1.807) is 0 Å². The fraction of sp³-hybridized carbons (Fsp3) is 0.462. The first-order chi connectivity index (χ1) is 8.43. The zero-order chi connectivity index (χ0) is 13.7. The van der Waals surface area contributed by atoms with Gasteiger partial charge in [0.15, 0.2) is 11.6 Å². The molecule has 1 rings (SSSR count). The van der Waals surface area contributed by atoms with Gasteiger partial charge in [-0.15, -0.1) is 0 Å². The number of nitrogens with zero attached hydrogens (tertiary/aromatic N) is 1. The van der Waals surface area contributed by atoms with Crippen molar-refractivity contribution in [2.24, 2.45) is 0 Å². The highest BCUT2D eigenvalue weighted by molar-refractivity contribution is 5.94. The molecule has 0 saturated carbocycles. The summed E-state index contributed by atoms with van der Waals surface area (Å²) < 4.78 is 26.3. The number of carbonyl (C=O) groups excluding carboxylic acids is 1. The Morgan fingerprint density at radius 3 is 2.67 bits per heavy atom. The van der Waals surface area contributed by atoms with Gasteiger partial charge in [-0.1, -0.05) is 6.07 Å². The molecule has 1 aromatic carbocycles. The van der Waals surface area contributed by atoms with E-state index < -0.39 is 17.5 Å². The molecular formula is C13H18F2N2O. The van der Waals surface area contributed by atoms with Gasteiger partial charge in [0.05, 0.1) is 5.56 Å². The van der Waals surface area contributed by atoms with Crippen LogP contribution in [0.3, 0.4) is 0 Å². The van der Waals surface area contributed by atoms with Crippen LogP contribution < -0.4 is 5.32 Å². The van der Waals surface area contributed by atoms with E-state index in [4.69, 9.17) is 0 Å². The predicted octanol–water partition coefficient (Wildman–Crippen LogP) is 2.03. The topological polar surface area (TPSA) is 32.3 Å². The number of nitrogens with one attached hydrogen (secondary N) is 1. The van der Waals surface area contributed by atoms with Crippen LogP contribution in [-0.2, 0) is 0 Å². The van der Waals surface area contributed by atoms with Crippen LogP contribution in [0.25, 0.3) is 0 Å². The highest BCUT2D eigenvalue weighted by Gasteiger charge is 2.14. The summed E-state index contributed by atoms with van der Waals surface area (Å²) in [4.78, 5) is 13.7. The molecule has 1 N–H and O–H groups in total. The van der Waals surface area contributed by atoms with Crippen LogP contribution in [0.15, 0.2) is 18.2 Å². The molecule has 0 fully saturated rings. The number of hydrogen-bond donors (Lipinski definition) is 1. The van der Waals surface area contributed by atoms with Crippen molar-refractivity contribution in [3.05, 3.63) is 35.4 Å². The highest BCUT2D eigenvalue weighted by atomic mass is 19.2. The Kier molecular flexibility index (Phi) is 5.22. The van der Waals surface area contributed by atoms with Gasteiger partial charge < -0.3 is 10.2 Å². The zero-order valence-corrected chi connectivity index (χ0v) is 10.8. The molecule has 0 atom stereocenters. The van der Waals surface area contributed by atoms with Gasteiger partial charge in [-0.05, 0) is 33.0 Å². The third-order valence-electron chi connectivity index (χ3n) is 2.83. The molecule has 0 radical (unpaired) electrons. The minimum Gasteiger partial charge on any atom is -0.351 e. The maximum Gasteiger partial charge on any atom is 0.254 e. The van der Waals surface area contributed by atoms with Crippen molar-refractivity contribution in [2.45, 2.75) is 19.9 Å². The lowest BCUT2D eigenvalue weighted by Gasteiger charge is -2.20. The largest absolute Gasteiger partial charge is 0.351 e. The molecule has 3 nitrogen and oxygen atoms in total. The van der Waals surface area contributed by atoms with Crippen molar-refractivity contribution < 1.29 is 13.6 Å². The maximum absolute atomic E-state index is 13.3. The first-order valence-corrected chi connectivity index (χ1v) is 5.86. The molecule has 0 bridgehead atoms. The molecule has 0 saturated heterocycles. The third kappa shape index (κ3) is 3.77. The van der Waals surface area contributed by atoms with Gasteiger partial charge in [0.2, 0.25) is 0 Å². The number of hydrogen-bond acceptors (Lipinski definition) is 2. The van der Waals surface area contributed by atoms with E-state index in [-0.39, 0.29) is 5.56 Å². The number of halogens is 2. The normalized spacial score (nSPS) is 11.1. The number of amides is 1. The lowest BCUT2D eigenvalue weighted by molar-refractivity contribution is 0.0943. The van der Waals surface area contributed by atoms with Crippen molar-refractivity contribution in [3.8, 4) is 0 Å². The number of likely N-dealkylation sites (N-methyl/N-ethyl adjacent to an activating group) is 1. The number of carbonyl (C=O) groups is 1. The van der Waals surface area contributed by atoms with Gasteiger partial charge in [-0.3, -0.25) is 4.79 Å². The van der Waals surface area contributed by atoms with Crippen LogP contribution in [0.4, 0.5) is 8.78 Å². The quantitative estimate of drug-likeness (QED) is 0.874. The van der Waals surface area contributed by atoms with E-state index in [1.807, 2.05) is 25.8 Å². The molecule has 1 aromatic rings. The van der Waals surface area contributed by atoms with Crippen LogP contribution in [0.2, 0.25) is 0 Å². The number of benzene rings is 1. The summed E-state index contributed by atoms with van der Waals surface area (Å²) in [6, 6.07) is 3.93. The van der Waals surface area contributed by atoms with Crippen LogP contribution in [0.5, 0.6) is 0 Å². The summed E-state index contributed by atoms with van der Waals surface area (Å²) in [5.41, 5.74) is -0.262. The smallest absolute Gasteiger partial charge is 0.254 e. The van der Waals surface area contributed by atoms with Crippen LogP contribution in [-0.4, -0.2) is 37.0 Å². The molecule has 0 heterocycles. The van der Waals surface area contributed by atoms with Gasteiger partial charge >= 0.3 is 0 Å². The van der Waals surface area contributed by atoms with Crippen molar-refractivity contribution >= 4 is 5.91 Å². The van der Waals surface area contributed by atoms with Crippen LogP contribution in [0.1, 0.15) is 24.2 Å². The monoisotopic (exact) mass is 256 g/mol. The fourth-order valence-electron chi connectivity index (χ4n) is 1.38. The lowest BCUT2D eigenvalue weighted by atomic mass is 10.2. The molecule has 0 aromatic heterocycles. The standard InChI is InChI=1S/C13H18F2N2O/c1-9(2)17(3)8-7-16-13(18)10-5-4-6-11(14)12(10)15/h4-6,9H,7-8H2,1-3H3,(H,16,18). The Bertz CT molecular complexity index is 421. The van der Waals surface area contributed by atoms with E-state index in [2.05, 4.69) is 5.32 Å². The summed E-state index contributed by atoms with van der Waals surface area (Å²) in [5.74, 6) is -2.71. The fourth-order valence-corrected chi connectivity index (χ4v) is 1.38. The summed E-state index contributed by atoms with van der Waals surface area (Å²) in [6.45, 7) is 5.12. The van der Waals surface area contributed by atoms with Gasteiger partial charge in [0.1, 0.15) is 0 Å². The molecule has 0 spiro atoms. The van der Waals surface area contributed by atoms with Crippen molar-refractivity contribution in [1.29, 1.82) is 0 Å². The Labute approximate surface area is 106 Å². The van der Waals surface area contributed by atoms with Crippen LogP contribution in [0, 0.1) is 11.6 Å². The van der Waals surface area contributed by atoms with Gasteiger partial charge in [-0.25, -0.2) is 8.78 Å². The third-order valence-corrected chi connectivity index (χ3v) is 2.83. The molecule has 18 heavy (non-hydrogen) atoms. The van der Waals surface area contributed by atoms with Gasteiger partial charge in [0.25, 0.3) is 5.91 Å². The second-order valence-electron chi connectivity index (χ2n) is 4.43. The first-order valence-electron chi connectivity index (χ1n) is 5.86. The zero-order valence-electron chi connectivity index (χ0n) is 10.8. The predicted molar refractivity (Wildman–Crippen MR) is 66.5 cm³/mol. The lowest BCUT2D eigenvalue weighted by Crippen LogP contribution is -2.36. The Morgan fingerprint density at radius 1 is 1.39 bits per heavy atom. The molecular weight excluding hydrogens is 238 g/mol. The first kappa shape index (κ1) is 14.6. The second-order valence-corrected chi connectivity index (χ2v) is 4.43. The maximum atomic E-state index is 13.3. The van der Waals surface area contributed by atoms with Crippen molar-refractivity contribution in [3.63, 3.8) is 0 Å². The summed E-state index contributed by atoms with van der Waals surface area (Å²) >= 11 is 0. The Morgan fingerprint density at radius 2 is 2.06 bits per heavy atom. The minimum absolute atomic E-state index is 0.262. The molecule has 0 aliphatic rings. The number of rotatable bonds is 5. The van der Waals surface area contributed by atoms with Gasteiger partial charge in [-0.2, -0.15) is 0 Å². The van der Waals surface area contributed by atoms with Crippen LogP contribution >= 0.6 is 0 Å².